The van der Waals surface area contributed by atoms with Crippen LogP contribution in [0, 0.1) is 6.92 Å². The number of nitrogens with zero attached hydrogens (tertiary/aromatic N) is 2. The van der Waals surface area contributed by atoms with Gasteiger partial charge in [-0.1, -0.05) is 17.7 Å². The number of ether oxygens (including phenoxy) is 3. The van der Waals surface area contributed by atoms with Gasteiger partial charge in [0.05, 0.1) is 25.4 Å². The van der Waals surface area contributed by atoms with Crippen LogP contribution in [0.25, 0.3) is 5.69 Å². The Morgan fingerprint density at radius 3 is 2.37 bits per heavy atom. The first-order chi connectivity index (χ1) is 13.0. The van der Waals surface area contributed by atoms with Crippen molar-refractivity contribution < 1.29 is 19.0 Å². The third kappa shape index (κ3) is 5.38. The maximum atomic E-state index is 12.6. The molecular formula is C19H25N3O5. The molecule has 0 aliphatic heterocycles. The third-order valence-corrected chi connectivity index (χ3v) is 3.74. The van der Waals surface area contributed by atoms with E-state index in [1.54, 1.807) is 12.1 Å². The highest BCUT2D eigenvalue weighted by atomic mass is 16.7. The van der Waals surface area contributed by atoms with Gasteiger partial charge in [-0.2, -0.15) is 9.78 Å². The molecule has 0 spiro atoms. The Balaban J connectivity index is 2.28. The fourth-order valence-corrected chi connectivity index (χ4v) is 2.42. The van der Waals surface area contributed by atoms with Crippen molar-refractivity contribution in [2.75, 3.05) is 26.9 Å². The van der Waals surface area contributed by atoms with E-state index in [2.05, 4.69) is 10.4 Å². The number of benzene rings is 1. The number of methoxy groups -OCH3 is 1. The molecule has 8 heteroatoms. The molecule has 0 radical (unpaired) electrons. The van der Waals surface area contributed by atoms with Gasteiger partial charge in [0, 0.05) is 13.2 Å². The monoisotopic (exact) mass is 375 g/mol. The molecule has 0 atom stereocenters. The SMILES string of the molecule is CCOC(CNC(=O)c1nn(-c2ccc(C)cc2)c(=O)cc1OC)OCC. The molecule has 2 aromatic rings. The Morgan fingerprint density at radius 1 is 1.19 bits per heavy atom. The van der Waals surface area contributed by atoms with Gasteiger partial charge in [-0.05, 0) is 32.9 Å². The van der Waals surface area contributed by atoms with Crippen LogP contribution in [0.4, 0.5) is 0 Å². The van der Waals surface area contributed by atoms with Gasteiger partial charge >= 0.3 is 0 Å². The minimum atomic E-state index is -0.557. The Labute approximate surface area is 158 Å². The predicted molar refractivity (Wildman–Crippen MR) is 100 cm³/mol. The molecule has 0 fully saturated rings. The number of carbonyl (C=O) groups excluding carboxylic acids is 1. The van der Waals surface area contributed by atoms with Gasteiger partial charge in [0.1, 0.15) is 0 Å². The summed E-state index contributed by atoms with van der Waals surface area (Å²) in [5.74, 6) is -0.387. The van der Waals surface area contributed by atoms with E-state index in [1.807, 2.05) is 32.9 Å². The summed E-state index contributed by atoms with van der Waals surface area (Å²) in [5, 5.41) is 6.90. The summed E-state index contributed by atoms with van der Waals surface area (Å²) in [6, 6.07) is 8.49. The van der Waals surface area contributed by atoms with Gasteiger partial charge in [-0.25, -0.2) is 0 Å². The van der Waals surface area contributed by atoms with E-state index in [9.17, 15) is 9.59 Å². The minimum absolute atomic E-state index is 0.00409. The second-order valence-corrected chi connectivity index (χ2v) is 5.70. The number of hydrogen-bond donors (Lipinski definition) is 1. The molecule has 1 N–H and O–H groups in total. The van der Waals surface area contributed by atoms with E-state index in [4.69, 9.17) is 14.2 Å². The highest BCUT2D eigenvalue weighted by Crippen LogP contribution is 2.14. The van der Waals surface area contributed by atoms with Crippen molar-refractivity contribution in [3.8, 4) is 11.4 Å². The van der Waals surface area contributed by atoms with Crippen LogP contribution < -0.4 is 15.6 Å². The van der Waals surface area contributed by atoms with Crippen molar-refractivity contribution >= 4 is 5.91 Å². The number of rotatable bonds is 9. The number of amides is 1. The van der Waals surface area contributed by atoms with Crippen LogP contribution in [0.15, 0.2) is 35.1 Å². The first-order valence-corrected chi connectivity index (χ1v) is 8.76. The van der Waals surface area contributed by atoms with Crippen LogP contribution in [-0.4, -0.2) is 48.8 Å². The lowest BCUT2D eigenvalue weighted by Crippen LogP contribution is -2.37. The molecule has 0 aliphatic carbocycles. The molecule has 0 saturated heterocycles. The van der Waals surface area contributed by atoms with Crippen molar-refractivity contribution in [3.63, 3.8) is 0 Å². The topological polar surface area (TPSA) is 91.7 Å². The Morgan fingerprint density at radius 2 is 1.81 bits per heavy atom. The molecule has 0 bridgehead atoms. The molecule has 1 heterocycles. The predicted octanol–water partition coefficient (Wildman–Crippen LogP) is 1.68. The lowest BCUT2D eigenvalue weighted by molar-refractivity contribution is -0.131. The quantitative estimate of drug-likeness (QED) is 0.671. The Hall–Kier alpha value is -2.71. The second-order valence-electron chi connectivity index (χ2n) is 5.70. The number of aryl methyl sites for hydroxylation is 1. The normalized spacial score (nSPS) is 10.9. The maximum Gasteiger partial charge on any atom is 0.275 e. The molecular weight excluding hydrogens is 350 g/mol. The molecule has 146 valence electrons. The van der Waals surface area contributed by atoms with Gasteiger partial charge in [0.2, 0.25) is 0 Å². The van der Waals surface area contributed by atoms with E-state index in [0.29, 0.717) is 18.9 Å². The van der Waals surface area contributed by atoms with Crippen molar-refractivity contribution in [2.24, 2.45) is 0 Å². The molecule has 8 nitrogen and oxygen atoms in total. The summed E-state index contributed by atoms with van der Waals surface area (Å²) in [6.07, 6.45) is -0.557. The molecule has 27 heavy (non-hydrogen) atoms. The summed E-state index contributed by atoms with van der Waals surface area (Å²) >= 11 is 0. The van der Waals surface area contributed by atoms with Gasteiger partial charge in [0.15, 0.2) is 17.7 Å². The highest BCUT2D eigenvalue weighted by molar-refractivity contribution is 5.94. The van der Waals surface area contributed by atoms with Gasteiger partial charge in [-0.15, -0.1) is 0 Å². The molecule has 0 saturated carbocycles. The molecule has 0 aliphatic rings. The molecule has 0 unspecified atom stereocenters. The van der Waals surface area contributed by atoms with Crippen LogP contribution >= 0.6 is 0 Å². The zero-order valence-corrected chi connectivity index (χ0v) is 16.0. The first-order valence-electron chi connectivity index (χ1n) is 8.76. The third-order valence-electron chi connectivity index (χ3n) is 3.74. The Bertz CT molecular complexity index is 811. The average molecular weight is 375 g/mol. The summed E-state index contributed by atoms with van der Waals surface area (Å²) in [5.41, 5.74) is 1.22. The summed E-state index contributed by atoms with van der Waals surface area (Å²) in [7, 11) is 1.38. The standard InChI is InChI=1S/C19H25N3O5/c1-5-26-17(27-6-2)12-20-19(24)18-15(25-4)11-16(23)22(21-18)14-9-7-13(3)8-10-14/h7-11,17H,5-6,12H2,1-4H3,(H,20,24). The molecule has 1 amide bonds. The number of nitrogens with one attached hydrogen (secondary N) is 1. The fraction of sp³-hybridized carbons (Fsp3) is 0.421. The number of aromatic nitrogens is 2. The largest absolute Gasteiger partial charge is 0.494 e. The van der Waals surface area contributed by atoms with Gasteiger partial charge in [0.25, 0.3) is 11.5 Å². The van der Waals surface area contributed by atoms with E-state index in [1.165, 1.54) is 17.9 Å². The van der Waals surface area contributed by atoms with Crippen molar-refractivity contribution in [2.45, 2.75) is 27.1 Å². The van der Waals surface area contributed by atoms with Crippen LogP contribution in [0.5, 0.6) is 5.75 Å². The van der Waals surface area contributed by atoms with Crippen LogP contribution in [0.3, 0.4) is 0 Å². The smallest absolute Gasteiger partial charge is 0.275 e. The van der Waals surface area contributed by atoms with Gasteiger partial charge in [-0.3, -0.25) is 9.59 Å². The van der Waals surface area contributed by atoms with E-state index in [0.717, 1.165) is 5.56 Å². The highest BCUT2D eigenvalue weighted by Gasteiger charge is 2.19. The fourth-order valence-electron chi connectivity index (χ4n) is 2.42. The average Bonchev–Trinajstić information content (AvgIpc) is 2.66. The van der Waals surface area contributed by atoms with E-state index >= 15 is 0 Å². The maximum absolute atomic E-state index is 12.6. The van der Waals surface area contributed by atoms with Gasteiger partial charge < -0.3 is 19.5 Å². The number of hydrogen-bond acceptors (Lipinski definition) is 6. The molecule has 2 rings (SSSR count). The zero-order chi connectivity index (χ0) is 19.8. The summed E-state index contributed by atoms with van der Waals surface area (Å²) in [6.45, 7) is 6.70. The zero-order valence-electron chi connectivity index (χ0n) is 16.0. The van der Waals surface area contributed by atoms with Crippen LogP contribution in [-0.2, 0) is 9.47 Å². The lowest BCUT2D eigenvalue weighted by atomic mass is 10.2. The molecule has 1 aromatic carbocycles. The lowest BCUT2D eigenvalue weighted by Gasteiger charge is -2.18. The van der Waals surface area contributed by atoms with Crippen LogP contribution in [0.1, 0.15) is 29.9 Å². The van der Waals surface area contributed by atoms with Crippen LogP contribution in [0.2, 0.25) is 0 Å². The minimum Gasteiger partial charge on any atom is -0.494 e. The summed E-state index contributed by atoms with van der Waals surface area (Å²) < 4.78 is 17.1. The van der Waals surface area contributed by atoms with Crippen molar-refractivity contribution in [3.05, 3.63) is 51.9 Å². The van der Waals surface area contributed by atoms with Crippen molar-refractivity contribution in [1.29, 1.82) is 0 Å². The number of carbonyl (C=O) groups is 1. The summed E-state index contributed by atoms with van der Waals surface area (Å²) in [4.78, 5) is 25.0. The molecule has 1 aromatic heterocycles. The van der Waals surface area contributed by atoms with Crippen molar-refractivity contribution in [1.82, 2.24) is 15.1 Å². The Kier molecular flexibility index (Phi) is 7.51. The second kappa shape index (κ2) is 9.84. The first kappa shape index (κ1) is 20.6. The van der Waals surface area contributed by atoms with E-state index in [-0.39, 0.29) is 18.0 Å². The van der Waals surface area contributed by atoms with E-state index < -0.39 is 17.8 Å².